The van der Waals surface area contributed by atoms with Crippen LogP contribution < -0.4 is 0 Å². The van der Waals surface area contributed by atoms with E-state index in [1.807, 2.05) is 27.7 Å². The van der Waals surface area contributed by atoms with Gasteiger partial charge in [-0.25, -0.2) is 4.48 Å². The Morgan fingerprint density at radius 1 is 1.47 bits per heavy atom. The van der Waals surface area contributed by atoms with Gasteiger partial charge in [0.1, 0.15) is 11.6 Å². The molecule has 2 N–H and O–H groups in total. The van der Waals surface area contributed by atoms with Crippen molar-refractivity contribution in [3.8, 4) is 0 Å². The highest BCUT2D eigenvalue weighted by Gasteiger charge is 2.58. The smallest absolute Gasteiger partial charge is 0.435 e. The number of hydrogen-bond donors (Lipinski definition) is 2. The van der Waals surface area contributed by atoms with Crippen LogP contribution in [0.3, 0.4) is 0 Å². The third-order valence-electron chi connectivity index (χ3n) is 3.89. The summed E-state index contributed by atoms with van der Waals surface area (Å²) >= 11 is 0. The van der Waals surface area contributed by atoms with E-state index in [9.17, 15) is 15.0 Å². The average molecular weight is 216 g/mol. The standard InChI is InChI=1S/C11H21NO3/c1-8-5-6-12(10(14)15,9(8)7-13)11(2,3)4/h8-9,13H,5-7H2,1-4H3/p+1/t8-,9+,12?/m0/s1. The Balaban J connectivity index is 3.18. The molecule has 1 aliphatic heterocycles. The molecule has 1 unspecified atom stereocenters. The van der Waals surface area contributed by atoms with Gasteiger partial charge in [0.05, 0.1) is 13.2 Å². The molecule has 0 bridgehead atoms. The van der Waals surface area contributed by atoms with Crippen LogP contribution >= 0.6 is 0 Å². The van der Waals surface area contributed by atoms with Gasteiger partial charge in [0.2, 0.25) is 0 Å². The lowest BCUT2D eigenvalue weighted by molar-refractivity contribution is -0.916. The number of hydrogen-bond acceptors (Lipinski definition) is 2. The number of aliphatic hydroxyl groups excluding tert-OH is 1. The summed E-state index contributed by atoms with van der Waals surface area (Å²) in [7, 11) is 0. The molecule has 0 aromatic heterocycles. The molecule has 3 atom stereocenters. The Kier molecular flexibility index (Phi) is 3.12. The number of quaternary nitrogens is 1. The first kappa shape index (κ1) is 12.5. The quantitative estimate of drug-likeness (QED) is 0.656. The van der Waals surface area contributed by atoms with E-state index in [4.69, 9.17) is 0 Å². The summed E-state index contributed by atoms with van der Waals surface area (Å²) in [6, 6.07) is -0.178. The second-order valence-electron chi connectivity index (χ2n) is 5.56. The molecule has 0 aromatic rings. The van der Waals surface area contributed by atoms with Crippen LogP contribution in [0.1, 0.15) is 34.1 Å². The van der Waals surface area contributed by atoms with E-state index in [0.29, 0.717) is 6.54 Å². The van der Waals surface area contributed by atoms with E-state index < -0.39 is 6.09 Å². The maximum Gasteiger partial charge on any atom is 0.514 e. The highest BCUT2D eigenvalue weighted by Crippen LogP contribution is 2.39. The number of likely N-dealkylation sites (tertiary alicyclic amines) is 1. The molecule has 1 rings (SSSR count). The van der Waals surface area contributed by atoms with Crippen molar-refractivity contribution in [3.63, 3.8) is 0 Å². The van der Waals surface area contributed by atoms with Gasteiger partial charge in [0, 0.05) is 12.3 Å². The van der Waals surface area contributed by atoms with E-state index in [2.05, 4.69) is 0 Å². The predicted octanol–water partition coefficient (Wildman–Crippen LogP) is 1.68. The Morgan fingerprint density at radius 3 is 2.27 bits per heavy atom. The maximum atomic E-state index is 11.5. The molecule has 0 saturated carbocycles. The lowest BCUT2D eigenvalue weighted by atomic mass is 9.97. The van der Waals surface area contributed by atoms with Crippen LogP contribution in [-0.2, 0) is 0 Å². The summed E-state index contributed by atoms with van der Waals surface area (Å²) in [5.41, 5.74) is -0.371. The molecule has 0 aliphatic carbocycles. The van der Waals surface area contributed by atoms with Gasteiger partial charge in [-0.1, -0.05) is 6.92 Å². The Bertz CT molecular complexity index is 259. The third kappa shape index (κ3) is 1.66. The van der Waals surface area contributed by atoms with E-state index in [0.717, 1.165) is 6.42 Å². The zero-order chi connectivity index (χ0) is 11.9. The largest absolute Gasteiger partial charge is 0.514 e. The number of amides is 1. The predicted molar refractivity (Wildman–Crippen MR) is 57.6 cm³/mol. The maximum absolute atomic E-state index is 11.5. The van der Waals surface area contributed by atoms with Crippen LogP contribution in [0.2, 0.25) is 0 Å². The second kappa shape index (κ2) is 3.76. The van der Waals surface area contributed by atoms with Crippen molar-refractivity contribution in [2.24, 2.45) is 5.92 Å². The van der Waals surface area contributed by atoms with E-state index in [1.165, 1.54) is 0 Å². The highest BCUT2D eigenvalue weighted by molar-refractivity contribution is 5.58. The third-order valence-corrected chi connectivity index (χ3v) is 3.89. The molecule has 1 fully saturated rings. The van der Waals surface area contributed by atoms with Crippen LogP contribution in [0, 0.1) is 5.92 Å². The van der Waals surface area contributed by atoms with Crippen molar-refractivity contribution in [2.45, 2.75) is 45.7 Å². The minimum Gasteiger partial charge on any atom is -0.435 e. The summed E-state index contributed by atoms with van der Waals surface area (Å²) < 4.78 is -0.00926. The molecule has 4 heteroatoms. The van der Waals surface area contributed by atoms with Gasteiger partial charge >= 0.3 is 6.09 Å². The Labute approximate surface area is 91.1 Å². The molecular weight excluding hydrogens is 194 g/mol. The van der Waals surface area contributed by atoms with Crippen LogP contribution in [-0.4, -0.2) is 45.5 Å². The zero-order valence-corrected chi connectivity index (χ0v) is 10.0. The van der Waals surface area contributed by atoms with Gasteiger partial charge in [0.25, 0.3) is 0 Å². The molecule has 15 heavy (non-hydrogen) atoms. The summed E-state index contributed by atoms with van der Waals surface area (Å²) in [6.45, 7) is 8.39. The second-order valence-corrected chi connectivity index (χ2v) is 5.56. The molecular formula is C11H22NO3+. The summed E-state index contributed by atoms with van der Waals surface area (Å²) in [5.74, 6) is 0.269. The molecule has 0 spiro atoms. The highest BCUT2D eigenvalue weighted by atomic mass is 16.4. The fourth-order valence-electron chi connectivity index (χ4n) is 2.88. The minimum absolute atomic E-state index is 0.00926. The van der Waals surface area contributed by atoms with E-state index in [-0.39, 0.29) is 28.6 Å². The van der Waals surface area contributed by atoms with Crippen molar-refractivity contribution in [1.82, 2.24) is 0 Å². The topological polar surface area (TPSA) is 57.5 Å². The molecule has 0 radical (unpaired) electrons. The molecule has 1 saturated heterocycles. The fraction of sp³-hybridized carbons (Fsp3) is 0.909. The molecule has 88 valence electrons. The van der Waals surface area contributed by atoms with Gasteiger partial charge in [-0.15, -0.1) is 0 Å². The van der Waals surface area contributed by atoms with Gasteiger partial charge in [-0.3, -0.25) is 0 Å². The van der Waals surface area contributed by atoms with E-state index in [1.54, 1.807) is 0 Å². The van der Waals surface area contributed by atoms with Gasteiger partial charge in [-0.2, -0.15) is 4.79 Å². The fourth-order valence-corrected chi connectivity index (χ4v) is 2.88. The summed E-state index contributed by atoms with van der Waals surface area (Å²) in [5, 5.41) is 18.9. The molecule has 1 heterocycles. The van der Waals surface area contributed by atoms with Crippen LogP contribution in [0.15, 0.2) is 0 Å². The Hall–Kier alpha value is -0.610. The first-order valence-corrected chi connectivity index (χ1v) is 5.49. The first-order chi connectivity index (χ1) is 6.77. The van der Waals surface area contributed by atoms with Gasteiger partial charge in [0.15, 0.2) is 0 Å². The molecule has 4 nitrogen and oxygen atoms in total. The van der Waals surface area contributed by atoms with Crippen molar-refractivity contribution in [1.29, 1.82) is 0 Å². The number of carboxylic acid groups (broad SMARTS) is 1. The number of aliphatic hydroxyl groups is 1. The number of rotatable bonds is 1. The lowest BCUT2D eigenvalue weighted by Gasteiger charge is -2.44. The number of carbonyl (C=O) groups is 1. The Morgan fingerprint density at radius 2 is 2.00 bits per heavy atom. The molecule has 0 aromatic carbocycles. The minimum atomic E-state index is -0.814. The van der Waals surface area contributed by atoms with Gasteiger partial charge in [-0.05, 0) is 20.8 Å². The lowest BCUT2D eigenvalue weighted by Crippen LogP contribution is -2.67. The molecule has 1 aliphatic rings. The monoisotopic (exact) mass is 216 g/mol. The summed E-state index contributed by atoms with van der Waals surface area (Å²) in [6.07, 6.45) is 0.0559. The van der Waals surface area contributed by atoms with Crippen LogP contribution in [0.25, 0.3) is 0 Å². The first-order valence-electron chi connectivity index (χ1n) is 5.49. The van der Waals surface area contributed by atoms with Crippen molar-refractivity contribution < 1.29 is 19.5 Å². The van der Waals surface area contributed by atoms with Crippen molar-refractivity contribution in [2.75, 3.05) is 13.2 Å². The van der Waals surface area contributed by atoms with E-state index >= 15 is 0 Å². The normalized spacial score (nSPS) is 36.9. The van der Waals surface area contributed by atoms with Crippen LogP contribution in [0.5, 0.6) is 0 Å². The van der Waals surface area contributed by atoms with Crippen molar-refractivity contribution >= 4 is 6.09 Å². The van der Waals surface area contributed by atoms with Crippen molar-refractivity contribution in [3.05, 3.63) is 0 Å². The summed E-state index contributed by atoms with van der Waals surface area (Å²) in [4.78, 5) is 11.5. The SMILES string of the molecule is C[C@H]1CC[N+](C(=O)O)(C(C)(C)C)[C@@H]1CO. The molecule has 1 amide bonds. The van der Waals surface area contributed by atoms with Crippen LogP contribution in [0.4, 0.5) is 4.79 Å². The average Bonchev–Trinajstić information content (AvgIpc) is 2.41. The zero-order valence-electron chi connectivity index (χ0n) is 10.0. The number of nitrogens with zero attached hydrogens (tertiary/aromatic N) is 1. The van der Waals surface area contributed by atoms with Gasteiger partial charge < -0.3 is 10.2 Å².